The van der Waals surface area contributed by atoms with Crippen molar-refractivity contribution in [2.24, 2.45) is 5.92 Å². The minimum absolute atomic E-state index is 0.0578. The lowest BCUT2D eigenvalue weighted by Crippen LogP contribution is -2.05. The minimum atomic E-state index is -0.842. The van der Waals surface area contributed by atoms with E-state index in [0.717, 1.165) is 5.56 Å². The van der Waals surface area contributed by atoms with E-state index < -0.39 is 5.97 Å². The lowest BCUT2D eigenvalue weighted by atomic mass is 9.94. The third-order valence-electron chi connectivity index (χ3n) is 3.02. The van der Waals surface area contributed by atoms with Crippen LogP contribution in [0.4, 0.5) is 0 Å². The highest BCUT2D eigenvalue weighted by Gasteiger charge is 2.11. The summed E-state index contributed by atoms with van der Waals surface area (Å²) in [5.41, 5.74) is 2.37. The number of hydrogen-bond donors (Lipinski definition) is 1. The molecule has 0 saturated carbocycles. The Morgan fingerprint density at radius 1 is 1.33 bits per heavy atom. The van der Waals surface area contributed by atoms with E-state index in [-0.39, 0.29) is 12.3 Å². The predicted octanol–water partition coefficient (Wildman–Crippen LogP) is 3.36. The third-order valence-corrected chi connectivity index (χ3v) is 3.02. The molecule has 18 heavy (non-hydrogen) atoms. The second kappa shape index (κ2) is 6.80. The highest BCUT2D eigenvalue weighted by molar-refractivity contribution is 5.66. The molecule has 3 heteroatoms. The highest BCUT2D eigenvalue weighted by atomic mass is 16.4. The van der Waals surface area contributed by atoms with Crippen LogP contribution in [0.1, 0.15) is 43.7 Å². The van der Waals surface area contributed by atoms with E-state index >= 15 is 0 Å². The van der Waals surface area contributed by atoms with E-state index in [9.17, 15) is 4.79 Å². The molecule has 1 aromatic rings. The Morgan fingerprint density at radius 2 is 1.94 bits per heavy atom. The summed E-state index contributed by atoms with van der Waals surface area (Å²) in [6, 6.07) is 10.4. The van der Waals surface area contributed by atoms with Crippen LogP contribution in [0.2, 0.25) is 0 Å². The van der Waals surface area contributed by atoms with Gasteiger partial charge in [0.2, 0.25) is 0 Å². The van der Waals surface area contributed by atoms with E-state index in [1.165, 1.54) is 5.56 Å². The zero-order valence-corrected chi connectivity index (χ0v) is 10.9. The zero-order valence-electron chi connectivity index (χ0n) is 10.9. The van der Waals surface area contributed by atoms with Crippen LogP contribution in [0.3, 0.4) is 0 Å². The Bertz CT molecular complexity index is 429. The normalized spacial score (nSPS) is 12.1. The molecule has 0 bridgehead atoms. The van der Waals surface area contributed by atoms with Crippen LogP contribution in [0.25, 0.3) is 0 Å². The van der Waals surface area contributed by atoms with Crippen molar-refractivity contribution in [3.63, 3.8) is 0 Å². The molecule has 0 aliphatic heterocycles. The smallest absolute Gasteiger partial charge is 0.303 e. The lowest BCUT2D eigenvalue weighted by molar-refractivity contribution is -0.137. The van der Waals surface area contributed by atoms with Gasteiger partial charge in [-0.25, -0.2) is 0 Å². The largest absolute Gasteiger partial charge is 0.481 e. The third kappa shape index (κ3) is 4.58. The Balaban J connectivity index is 2.59. The van der Waals surface area contributed by atoms with Crippen molar-refractivity contribution in [3.8, 4) is 6.07 Å². The maximum Gasteiger partial charge on any atom is 0.303 e. The fourth-order valence-corrected chi connectivity index (χ4v) is 1.83. The second-order valence-corrected chi connectivity index (χ2v) is 4.86. The Morgan fingerprint density at radius 3 is 2.39 bits per heavy atom. The summed E-state index contributed by atoms with van der Waals surface area (Å²) in [5, 5.41) is 17.6. The van der Waals surface area contributed by atoms with E-state index in [0.29, 0.717) is 18.8 Å². The number of nitrogens with zero attached hydrogens (tertiary/aromatic N) is 1. The molecule has 1 atom stereocenters. The van der Waals surface area contributed by atoms with Crippen LogP contribution in [0, 0.1) is 17.2 Å². The van der Waals surface area contributed by atoms with Gasteiger partial charge in [0.15, 0.2) is 0 Å². The van der Waals surface area contributed by atoms with Gasteiger partial charge in [0.25, 0.3) is 0 Å². The van der Waals surface area contributed by atoms with Gasteiger partial charge in [-0.1, -0.05) is 38.1 Å². The van der Waals surface area contributed by atoms with Crippen molar-refractivity contribution in [3.05, 3.63) is 35.4 Å². The van der Waals surface area contributed by atoms with Crippen LogP contribution in [-0.4, -0.2) is 11.1 Å². The molecule has 1 unspecified atom stereocenters. The van der Waals surface area contributed by atoms with Crippen LogP contribution < -0.4 is 0 Å². The Hall–Kier alpha value is -1.82. The number of hydrogen-bond acceptors (Lipinski definition) is 2. The summed E-state index contributed by atoms with van der Waals surface area (Å²) in [7, 11) is 0. The monoisotopic (exact) mass is 245 g/mol. The zero-order chi connectivity index (χ0) is 13.5. The van der Waals surface area contributed by atoms with Crippen molar-refractivity contribution >= 4 is 5.97 Å². The lowest BCUT2D eigenvalue weighted by Gasteiger charge is -2.09. The van der Waals surface area contributed by atoms with Gasteiger partial charge in [-0.3, -0.25) is 4.79 Å². The van der Waals surface area contributed by atoms with Crippen molar-refractivity contribution in [1.29, 1.82) is 5.26 Å². The number of carbonyl (C=O) groups is 1. The maximum absolute atomic E-state index is 10.5. The van der Waals surface area contributed by atoms with Crippen LogP contribution in [-0.2, 0) is 11.2 Å². The fraction of sp³-hybridized carbons (Fsp3) is 0.467. The van der Waals surface area contributed by atoms with Crippen LogP contribution >= 0.6 is 0 Å². The molecule has 0 saturated heterocycles. The summed E-state index contributed by atoms with van der Waals surface area (Å²) in [5.74, 6) is -0.561. The summed E-state index contributed by atoms with van der Waals surface area (Å²) in [4.78, 5) is 10.5. The average Bonchev–Trinajstić information content (AvgIpc) is 2.34. The van der Waals surface area contributed by atoms with Gasteiger partial charge in [-0.15, -0.1) is 0 Å². The first-order chi connectivity index (χ1) is 8.52. The molecule has 0 aliphatic carbocycles. The highest BCUT2D eigenvalue weighted by Crippen LogP contribution is 2.18. The molecular weight excluding hydrogens is 226 g/mol. The van der Waals surface area contributed by atoms with E-state index in [2.05, 4.69) is 32.0 Å². The van der Waals surface area contributed by atoms with Gasteiger partial charge in [0.1, 0.15) is 0 Å². The second-order valence-electron chi connectivity index (χ2n) is 4.86. The van der Waals surface area contributed by atoms with Gasteiger partial charge in [-0.05, 0) is 29.9 Å². The minimum Gasteiger partial charge on any atom is -0.481 e. The molecule has 0 fully saturated rings. The average molecular weight is 245 g/mol. The molecule has 3 nitrogen and oxygen atoms in total. The van der Waals surface area contributed by atoms with Crippen molar-refractivity contribution < 1.29 is 9.90 Å². The Labute approximate surface area is 108 Å². The number of rotatable bonds is 6. The summed E-state index contributed by atoms with van der Waals surface area (Å²) < 4.78 is 0. The van der Waals surface area contributed by atoms with Crippen molar-refractivity contribution in [1.82, 2.24) is 0 Å². The van der Waals surface area contributed by atoms with Gasteiger partial charge >= 0.3 is 5.97 Å². The number of carboxylic acids is 1. The Kier molecular flexibility index (Phi) is 5.38. The predicted molar refractivity (Wildman–Crippen MR) is 70.2 cm³/mol. The van der Waals surface area contributed by atoms with Crippen molar-refractivity contribution in [2.75, 3.05) is 0 Å². The van der Waals surface area contributed by atoms with Crippen molar-refractivity contribution in [2.45, 2.75) is 39.0 Å². The maximum atomic E-state index is 10.5. The molecule has 1 N–H and O–H groups in total. The first-order valence-corrected chi connectivity index (χ1v) is 6.23. The molecular formula is C15H19NO2. The SMILES string of the molecule is CC(C)c1ccc(CC(C#N)CCC(=O)O)cc1. The summed E-state index contributed by atoms with van der Waals surface area (Å²) in [6.07, 6.45) is 1.10. The van der Waals surface area contributed by atoms with E-state index in [1.54, 1.807) is 0 Å². The molecule has 0 spiro atoms. The van der Waals surface area contributed by atoms with Gasteiger partial charge in [-0.2, -0.15) is 5.26 Å². The molecule has 1 rings (SSSR count). The van der Waals surface area contributed by atoms with Gasteiger partial charge < -0.3 is 5.11 Å². The number of benzene rings is 1. The molecule has 0 radical (unpaired) electrons. The first-order valence-electron chi connectivity index (χ1n) is 6.23. The van der Waals surface area contributed by atoms with E-state index in [4.69, 9.17) is 10.4 Å². The number of carboxylic acid groups (broad SMARTS) is 1. The molecule has 0 aromatic heterocycles. The number of aliphatic carboxylic acids is 1. The topological polar surface area (TPSA) is 61.1 Å². The van der Waals surface area contributed by atoms with Gasteiger partial charge in [0, 0.05) is 6.42 Å². The van der Waals surface area contributed by atoms with Crippen LogP contribution in [0.15, 0.2) is 24.3 Å². The molecule has 0 aliphatic rings. The summed E-state index contributed by atoms with van der Waals surface area (Å²) in [6.45, 7) is 4.28. The first kappa shape index (κ1) is 14.2. The van der Waals surface area contributed by atoms with Crippen LogP contribution in [0.5, 0.6) is 0 Å². The van der Waals surface area contributed by atoms with Gasteiger partial charge in [0.05, 0.1) is 12.0 Å². The molecule has 0 amide bonds. The molecule has 1 aromatic carbocycles. The van der Waals surface area contributed by atoms with E-state index in [1.807, 2.05) is 12.1 Å². The standard InChI is InChI=1S/C15H19NO2/c1-11(2)14-6-3-12(4-7-14)9-13(10-16)5-8-15(17)18/h3-4,6-7,11,13H,5,8-9H2,1-2H3,(H,17,18). The fourth-order valence-electron chi connectivity index (χ4n) is 1.83. The quantitative estimate of drug-likeness (QED) is 0.836. The summed E-state index contributed by atoms with van der Waals surface area (Å²) >= 11 is 0. The molecule has 96 valence electrons. The molecule has 0 heterocycles. The number of nitriles is 1.